The number of rotatable bonds is 4. The molecule has 3 aromatic rings. The van der Waals surface area contributed by atoms with Crippen molar-refractivity contribution < 1.29 is 4.79 Å². The Hall–Kier alpha value is -3.00. The van der Waals surface area contributed by atoms with E-state index in [4.69, 9.17) is 9.97 Å². The smallest absolute Gasteiger partial charge is 0.307 e. The normalized spacial score (nSPS) is 27.8. The molecule has 2 aliphatic heterocycles. The third-order valence-corrected chi connectivity index (χ3v) is 9.99. The average Bonchev–Trinajstić information content (AvgIpc) is 3.45. The van der Waals surface area contributed by atoms with Crippen molar-refractivity contribution in [3.05, 3.63) is 40.7 Å². The van der Waals surface area contributed by atoms with E-state index in [1.54, 1.807) is 10.8 Å². The van der Waals surface area contributed by atoms with Crippen molar-refractivity contribution in [2.75, 3.05) is 18.0 Å². The maximum Gasteiger partial charge on any atom is 0.326 e. The molecule has 0 radical (unpaired) electrons. The summed E-state index contributed by atoms with van der Waals surface area (Å²) in [5.74, 6) is 0.142. The van der Waals surface area contributed by atoms with Gasteiger partial charge in [0.15, 0.2) is 0 Å². The van der Waals surface area contributed by atoms with E-state index < -0.39 is 5.41 Å². The molecule has 0 bridgehead atoms. The Morgan fingerprint density at radius 3 is 2.50 bits per heavy atom. The van der Waals surface area contributed by atoms with Gasteiger partial charge in [-0.15, -0.1) is 0 Å². The first-order chi connectivity index (χ1) is 18.0. The van der Waals surface area contributed by atoms with Crippen LogP contribution in [0.2, 0.25) is 0 Å². The first kappa shape index (κ1) is 24.1. The number of imidazole rings is 1. The number of fused-ring (bicyclic) bond motifs is 2. The predicted octanol–water partition coefficient (Wildman–Crippen LogP) is 4.79. The van der Waals surface area contributed by atoms with Gasteiger partial charge in [-0.05, 0) is 97.2 Å². The van der Waals surface area contributed by atoms with Gasteiger partial charge < -0.3 is 9.88 Å². The summed E-state index contributed by atoms with van der Waals surface area (Å²) in [5, 5.41) is 0. The Balaban J connectivity index is 1.20. The minimum Gasteiger partial charge on any atom is -0.307 e. The molecule has 3 fully saturated rings. The van der Waals surface area contributed by atoms with E-state index in [1.807, 2.05) is 44.9 Å². The van der Waals surface area contributed by atoms with Crippen LogP contribution >= 0.6 is 0 Å². The summed E-state index contributed by atoms with van der Waals surface area (Å²) in [6.45, 7) is 12.8. The van der Waals surface area contributed by atoms with Crippen LogP contribution < -0.4 is 10.6 Å². The van der Waals surface area contributed by atoms with Crippen molar-refractivity contribution >= 4 is 22.6 Å². The number of aromatic nitrogens is 4. The summed E-state index contributed by atoms with van der Waals surface area (Å²) in [6, 6.07) is 4.22. The van der Waals surface area contributed by atoms with Crippen molar-refractivity contribution in [1.82, 2.24) is 24.4 Å². The lowest BCUT2D eigenvalue weighted by atomic mass is 9.70. The highest BCUT2D eigenvalue weighted by Crippen LogP contribution is 2.56. The van der Waals surface area contributed by atoms with Crippen LogP contribution in [0.5, 0.6) is 0 Å². The number of nitrogens with zero attached hydrogens (tertiary/aromatic N) is 5. The molecule has 8 heteroatoms. The number of hydrogen-bond donors (Lipinski definition) is 1. The van der Waals surface area contributed by atoms with Gasteiger partial charge in [0, 0.05) is 35.9 Å². The quantitative estimate of drug-likeness (QED) is 0.541. The largest absolute Gasteiger partial charge is 0.326 e. The number of aromatic amines is 1. The Labute approximate surface area is 223 Å². The minimum atomic E-state index is -0.653. The highest BCUT2D eigenvalue weighted by atomic mass is 16.2. The van der Waals surface area contributed by atoms with E-state index in [0.717, 1.165) is 46.5 Å². The van der Waals surface area contributed by atoms with Gasteiger partial charge in [-0.25, -0.2) is 4.79 Å². The summed E-state index contributed by atoms with van der Waals surface area (Å²) in [6.07, 6.45) is 11.0. The summed E-state index contributed by atoms with van der Waals surface area (Å²) < 4.78 is 1.72. The van der Waals surface area contributed by atoms with Gasteiger partial charge in [0.25, 0.3) is 0 Å². The van der Waals surface area contributed by atoms with E-state index in [9.17, 15) is 9.59 Å². The van der Waals surface area contributed by atoms with Crippen molar-refractivity contribution in [2.24, 2.45) is 5.41 Å². The summed E-state index contributed by atoms with van der Waals surface area (Å²) in [5.41, 5.74) is 4.88. The van der Waals surface area contributed by atoms with Gasteiger partial charge in [0.05, 0.1) is 39.7 Å². The third-order valence-electron chi connectivity index (χ3n) is 9.99. The van der Waals surface area contributed by atoms with Crippen molar-refractivity contribution in [3.8, 4) is 11.3 Å². The van der Waals surface area contributed by atoms with Crippen LogP contribution in [0.15, 0.2) is 29.3 Å². The second-order valence-electron chi connectivity index (χ2n) is 13.5. The van der Waals surface area contributed by atoms with E-state index in [-0.39, 0.29) is 29.2 Å². The van der Waals surface area contributed by atoms with Crippen LogP contribution in [0.3, 0.4) is 0 Å². The number of amides is 1. The first-order valence-corrected chi connectivity index (χ1v) is 14.2. The molecule has 8 nitrogen and oxygen atoms in total. The first-order valence-electron chi connectivity index (χ1n) is 14.2. The molecule has 0 atom stereocenters. The fourth-order valence-corrected chi connectivity index (χ4v) is 7.48. The van der Waals surface area contributed by atoms with Gasteiger partial charge in [0.2, 0.25) is 5.91 Å². The lowest BCUT2D eigenvalue weighted by Gasteiger charge is -2.56. The summed E-state index contributed by atoms with van der Waals surface area (Å²) in [7, 11) is 0. The molecule has 2 aliphatic carbocycles. The standard InChI is InChI=1S/C30H38N6O2/c1-18(2)35-24-16-31-21(12-22(24)33-27(35)38)19-11-23-25(32-15-19)28(3,4)26(37)36(23)20-13-29(5,14-20)34-10-6-7-30(17-34)8-9-30/h11-12,15-16,18,20H,6-10,13-14,17H2,1-5H3,(H,33,38). The van der Waals surface area contributed by atoms with Crippen molar-refractivity contribution in [1.29, 1.82) is 0 Å². The molecule has 3 aromatic heterocycles. The van der Waals surface area contributed by atoms with Gasteiger partial charge in [-0.2, -0.15) is 0 Å². The molecule has 38 heavy (non-hydrogen) atoms. The molecule has 7 rings (SSSR count). The third kappa shape index (κ3) is 3.38. The van der Waals surface area contributed by atoms with Crippen LogP contribution in [-0.2, 0) is 10.2 Å². The number of anilines is 1. The van der Waals surface area contributed by atoms with E-state index in [2.05, 4.69) is 22.9 Å². The van der Waals surface area contributed by atoms with Crippen LogP contribution in [-0.4, -0.2) is 55.0 Å². The van der Waals surface area contributed by atoms with Crippen LogP contribution in [0, 0.1) is 5.41 Å². The molecule has 2 saturated carbocycles. The summed E-state index contributed by atoms with van der Waals surface area (Å²) >= 11 is 0. The maximum atomic E-state index is 13.8. The monoisotopic (exact) mass is 514 g/mol. The number of likely N-dealkylation sites (tertiary alicyclic amines) is 1. The number of piperidine rings is 1. The van der Waals surface area contributed by atoms with Crippen molar-refractivity contribution in [3.63, 3.8) is 0 Å². The van der Waals surface area contributed by atoms with E-state index in [1.165, 1.54) is 38.8 Å². The Bertz CT molecular complexity index is 1520. The Morgan fingerprint density at radius 1 is 1.03 bits per heavy atom. The zero-order valence-electron chi connectivity index (χ0n) is 23.2. The molecule has 0 aromatic carbocycles. The molecule has 1 saturated heterocycles. The number of nitrogens with one attached hydrogen (secondary N) is 1. The fourth-order valence-electron chi connectivity index (χ4n) is 7.48. The number of carbonyl (C=O) groups excluding carboxylic acids is 1. The van der Waals surface area contributed by atoms with Gasteiger partial charge in [0.1, 0.15) is 0 Å². The predicted molar refractivity (Wildman–Crippen MR) is 148 cm³/mol. The molecule has 0 unspecified atom stereocenters. The molecule has 1 spiro atoms. The Morgan fingerprint density at radius 2 is 1.79 bits per heavy atom. The molecular formula is C30H38N6O2. The highest BCUT2D eigenvalue weighted by molar-refractivity contribution is 6.08. The zero-order chi connectivity index (χ0) is 26.6. The second kappa shape index (κ2) is 7.78. The molecule has 200 valence electrons. The number of hydrogen-bond acceptors (Lipinski definition) is 5. The summed E-state index contributed by atoms with van der Waals surface area (Å²) in [4.78, 5) is 43.5. The maximum absolute atomic E-state index is 13.8. The van der Waals surface area contributed by atoms with E-state index >= 15 is 0 Å². The fraction of sp³-hybridized carbons (Fsp3) is 0.600. The number of carbonyl (C=O) groups is 1. The van der Waals surface area contributed by atoms with Crippen molar-refractivity contribution in [2.45, 2.75) is 96.2 Å². The topological polar surface area (TPSA) is 87.1 Å². The SMILES string of the molecule is CC(C)n1c(=O)[nH]c2cc(-c3cnc4c(c3)N(C3CC(C)(N5CCCC6(CC6)C5)C3)C(=O)C4(C)C)ncc21. The number of pyridine rings is 2. The minimum absolute atomic E-state index is 0.0419. The average molecular weight is 515 g/mol. The van der Waals surface area contributed by atoms with E-state index in [0.29, 0.717) is 5.41 Å². The molecule has 5 heterocycles. The number of H-pyrrole nitrogens is 1. The van der Waals surface area contributed by atoms with Gasteiger partial charge in [-0.1, -0.05) is 0 Å². The lowest BCUT2D eigenvalue weighted by Crippen LogP contribution is -2.64. The van der Waals surface area contributed by atoms with Crippen LogP contribution in [0.1, 0.15) is 84.9 Å². The van der Waals surface area contributed by atoms with Crippen LogP contribution in [0.25, 0.3) is 22.3 Å². The second-order valence-corrected chi connectivity index (χ2v) is 13.5. The van der Waals surface area contributed by atoms with Crippen LogP contribution in [0.4, 0.5) is 5.69 Å². The van der Waals surface area contributed by atoms with Gasteiger partial charge >= 0.3 is 5.69 Å². The molecule has 1 N–H and O–H groups in total. The molecular weight excluding hydrogens is 476 g/mol. The lowest BCUT2D eigenvalue weighted by molar-refractivity contribution is -0.124. The highest BCUT2D eigenvalue weighted by Gasteiger charge is 2.57. The molecule has 4 aliphatic rings. The Kier molecular flexibility index (Phi) is 4.93. The zero-order valence-corrected chi connectivity index (χ0v) is 23.2. The van der Waals surface area contributed by atoms with Gasteiger partial charge in [-0.3, -0.25) is 24.2 Å². The molecule has 1 amide bonds.